The Morgan fingerprint density at radius 2 is 1.89 bits per heavy atom. The van der Waals surface area contributed by atoms with Crippen molar-refractivity contribution < 1.29 is 4.74 Å². The standard InChI is InChI=1S/C40H54N4O/c1-7-12-27(5)25-39(41,10-4)26-30-17-18-33(31(22-30)13-8-2)34-19-16-29(9-3)23-35(34)45-38-24-37(42-28(6)43-38)44-36-15-11-14-32-20-21-40(32,36)44/h9,16-19,22-24,27,32,36H,3,7-8,10-15,20-21,25-26,41H2,1-2,4-6H3. The van der Waals surface area contributed by atoms with Crippen molar-refractivity contribution in [2.75, 3.05) is 4.90 Å². The molecule has 3 fully saturated rings. The number of aromatic nitrogens is 2. The summed E-state index contributed by atoms with van der Waals surface area (Å²) in [7, 11) is 0. The number of benzene rings is 2. The summed E-state index contributed by atoms with van der Waals surface area (Å²) < 4.78 is 6.72. The van der Waals surface area contributed by atoms with Crippen LogP contribution in [0, 0.1) is 18.8 Å². The fourth-order valence-electron chi connectivity index (χ4n) is 8.83. The molecule has 1 aliphatic heterocycles. The number of nitrogens with two attached hydrogens (primary N) is 1. The Kier molecular flexibility index (Phi) is 9.12. The van der Waals surface area contributed by atoms with Gasteiger partial charge < -0.3 is 15.4 Å². The van der Waals surface area contributed by atoms with Gasteiger partial charge in [-0.1, -0.05) is 96.4 Å². The molecule has 45 heavy (non-hydrogen) atoms. The van der Waals surface area contributed by atoms with Crippen LogP contribution in [0.4, 0.5) is 5.82 Å². The van der Waals surface area contributed by atoms with Crippen LogP contribution in [0.1, 0.15) is 114 Å². The third-order valence-corrected chi connectivity index (χ3v) is 11.2. The molecule has 3 aliphatic rings. The van der Waals surface area contributed by atoms with Crippen LogP contribution in [0.3, 0.4) is 0 Å². The summed E-state index contributed by atoms with van der Waals surface area (Å²) in [6.07, 6.45) is 16.0. The highest BCUT2D eigenvalue weighted by atomic mass is 16.5. The second-order valence-corrected chi connectivity index (χ2v) is 14.4. The second-order valence-electron chi connectivity index (χ2n) is 14.4. The normalized spacial score (nSPS) is 23.7. The van der Waals surface area contributed by atoms with Crippen molar-refractivity contribution in [2.45, 2.75) is 129 Å². The maximum Gasteiger partial charge on any atom is 0.224 e. The van der Waals surface area contributed by atoms with Gasteiger partial charge in [0.25, 0.3) is 0 Å². The first-order chi connectivity index (χ1) is 21.7. The number of ether oxygens (including phenoxy) is 1. The van der Waals surface area contributed by atoms with Crippen molar-refractivity contribution in [3.8, 4) is 22.8 Å². The summed E-state index contributed by atoms with van der Waals surface area (Å²) in [5, 5.41) is 0. The number of nitrogens with zero attached hydrogens (tertiary/aromatic N) is 3. The van der Waals surface area contributed by atoms with E-state index in [-0.39, 0.29) is 5.54 Å². The van der Waals surface area contributed by atoms with E-state index in [9.17, 15) is 0 Å². The lowest BCUT2D eigenvalue weighted by Crippen LogP contribution is -2.43. The molecule has 1 aromatic heterocycles. The van der Waals surface area contributed by atoms with E-state index in [1.807, 2.05) is 13.0 Å². The van der Waals surface area contributed by atoms with E-state index in [0.717, 1.165) is 66.5 Å². The van der Waals surface area contributed by atoms with Crippen LogP contribution in [0.2, 0.25) is 0 Å². The van der Waals surface area contributed by atoms with E-state index in [1.54, 1.807) is 0 Å². The minimum atomic E-state index is -0.184. The van der Waals surface area contributed by atoms with Crippen LogP contribution in [0.25, 0.3) is 17.2 Å². The summed E-state index contributed by atoms with van der Waals surface area (Å²) in [5.41, 5.74) is 13.2. The molecular formula is C40H54N4O. The smallest absolute Gasteiger partial charge is 0.224 e. The van der Waals surface area contributed by atoms with E-state index < -0.39 is 0 Å². The minimum Gasteiger partial charge on any atom is -0.438 e. The van der Waals surface area contributed by atoms with Crippen LogP contribution in [-0.4, -0.2) is 27.1 Å². The topological polar surface area (TPSA) is 64.0 Å². The lowest BCUT2D eigenvalue weighted by Gasteiger charge is -2.40. The Bertz CT molecular complexity index is 1530. The molecule has 1 saturated heterocycles. The van der Waals surface area contributed by atoms with Gasteiger partial charge in [0, 0.05) is 17.2 Å². The largest absolute Gasteiger partial charge is 0.438 e. The highest BCUT2D eigenvalue weighted by molar-refractivity contribution is 5.76. The summed E-state index contributed by atoms with van der Waals surface area (Å²) in [6, 6.07) is 16.1. The third kappa shape index (κ3) is 6.17. The number of hydrogen-bond acceptors (Lipinski definition) is 5. The van der Waals surface area contributed by atoms with Crippen LogP contribution in [-0.2, 0) is 12.8 Å². The monoisotopic (exact) mass is 606 g/mol. The van der Waals surface area contributed by atoms with Crippen LogP contribution in [0.5, 0.6) is 11.6 Å². The maximum absolute atomic E-state index is 7.04. The number of hydrogen-bond donors (Lipinski definition) is 1. The zero-order valence-corrected chi connectivity index (χ0v) is 28.4. The molecular weight excluding hydrogens is 552 g/mol. The van der Waals surface area contributed by atoms with Crippen LogP contribution >= 0.6 is 0 Å². The molecule has 1 spiro atoms. The van der Waals surface area contributed by atoms with Crippen molar-refractivity contribution in [1.29, 1.82) is 0 Å². The predicted molar refractivity (Wildman–Crippen MR) is 188 cm³/mol. The Morgan fingerprint density at radius 3 is 2.58 bits per heavy atom. The number of anilines is 1. The van der Waals surface area contributed by atoms with E-state index in [0.29, 0.717) is 23.4 Å². The first kappa shape index (κ1) is 31.8. The van der Waals surface area contributed by atoms with E-state index in [4.69, 9.17) is 20.4 Å². The molecule has 0 radical (unpaired) electrons. The molecule has 2 heterocycles. The summed E-state index contributed by atoms with van der Waals surface area (Å²) in [4.78, 5) is 12.3. The van der Waals surface area contributed by atoms with Gasteiger partial charge in [-0.05, 0) is 98.4 Å². The Balaban J connectivity index is 1.31. The van der Waals surface area contributed by atoms with Gasteiger partial charge in [0.05, 0.1) is 11.6 Å². The molecule has 5 unspecified atom stereocenters. The van der Waals surface area contributed by atoms with E-state index >= 15 is 0 Å². The lowest BCUT2D eigenvalue weighted by atomic mass is 9.65. The zero-order valence-electron chi connectivity index (χ0n) is 28.4. The Hall–Kier alpha value is -3.18. The molecule has 240 valence electrons. The lowest BCUT2D eigenvalue weighted by molar-refractivity contribution is 0.178. The van der Waals surface area contributed by atoms with Crippen molar-refractivity contribution >= 4 is 11.9 Å². The first-order valence-electron chi connectivity index (χ1n) is 17.7. The van der Waals surface area contributed by atoms with Crippen molar-refractivity contribution in [3.63, 3.8) is 0 Å². The van der Waals surface area contributed by atoms with Crippen molar-refractivity contribution in [2.24, 2.45) is 17.6 Å². The molecule has 0 bridgehead atoms. The highest BCUT2D eigenvalue weighted by Gasteiger charge is 2.71. The fraction of sp³-hybridized carbons (Fsp3) is 0.550. The van der Waals surface area contributed by atoms with Crippen molar-refractivity contribution in [1.82, 2.24) is 9.97 Å². The van der Waals surface area contributed by atoms with Crippen molar-refractivity contribution in [3.05, 3.63) is 71.6 Å². The van der Waals surface area contributed by atoms with Gasteiger partial charge in [-0.2, -0.15) is 4.98 Å². The highest BCUT2D eigenvalue weighted by Crippen LogP contribution is 2.65. The summed E-state index contributed by atoms with van der Waals surface area (Å²) in [6.45, 7) is 15.1. The van der Waals surface area contributed by atoms with Gasteiger partial charge in [0.2, 0.25) is 5.88 Å². The van der Waals surface area contributed by atoms with Crippen LogP contribution < -0.4 is 15.4 Å². The first-order valence-corrected chi connectivity index (χ1v) is 17.7. The summed E-state index contributed by atoms with van der Waals surface area (Å²) in [5.74, 6) is 4.67. The molecule has 3 aromatic rings. The molecule has 5 atom stereocenters. The second kappa shape index (κ2) is 12.9. The van der Waals surface area contributed by atoms with Gasteiger partial charge in [-0.3, -0.25) is 0 Å². The molecule has 5 nitrogen and oxygen atoms in total. The zero-order chi connectivity index (χ0) is 31.8. The predicted octanol–water partition coefficient (Wildman–Crippen LogP) is 9.84. The van der Waals surface area contributed by atoms with E-state index in [1.165, 1.54) is 61.6 Å². The maximum atomic E-state index is 7.04. The molecule has 2 aromatic carbocycles. The SMILES string of the molecule is C=Cc1ccc(-c2ccc(CC(N)(CC)CC(C)CCC)cc2CCC)c(Oc2cc(N3C4CCCC5CCC543)nc(C)n2)c1. The van der Waals surface area contributed by atoms with Gasteiger partial charge in [0.1, 0.15) is 17.4 Å². The number of aryl methyl sites for hydroxylation is 2. The molecule has 5 heteroatoms. The van der Waals surface area contributed by atoms with Crippen LogP contribution in [0.15, 0.2) is 49.0 Å². The van der Waals surface area contributed by atoms with Gasteiger partial charge >= 0.3 is 0 Å². The summed E-state index contributed by atoms with van der Waals surface area (Å²) >= 11 is 0. The quantitative estimate of drug-likeness (QED) is 0.185. The molecule has 0 amide bonds. The van der Waals surface area contributed by atoms with Gasteiger partial charge in [-0.15, -0.1) is 0 Å². The van der Waals surface area contributed by atoms with Gasteiger partial charge in [0.15, 0.2) is 0 Å². The Morgan fingerprint density at radius 1 is 1.07 bits per heavy atom. The fourth-order valence-corrected chi connectivity index (χ4v) is 8.83. The van der Waals surface area contributed by atoms with Gasteiger partial charge in [-0.25, -0.2) is 4.98 Å². The average Bonchev–Trinajstić information content (AvgIpc) is 3.71. The number of rotatable bonds is 14. The third-order valence-electron chi connectivity index (χ3n) is 11.2. The molecule has 2 aliphatic carbocycles. The minimum absolute atomic E-state index is 0.184. The molecule has 2 saturated carbocycles. The molecule has 6 rings (SSSR count). The molecule has 2 N–H and O–H groups in total. The average molecular weight is 607 g/mol. The van der Waals surface area contributed by atoms with E-state index in [2.05, 4.69) is 81.6 Å². The Labute approximate surface area is 271 Å².